The zero-order chi connectivity index (χ0) is 47.1. The summed E-state index contributed by atoms with van der Waals surface area (Å²) >= 11 is 3.35. The Bertz CT molecular complexity index is 2860. The smallest absolute Gasteiger partial charge is 0.407 e. The molecule has 0 unspecified atom stereocenters. The summed E-state index contributed by atoms with van der Waals surface area (Å²) in [6.45, 7) is 9.95. The molecule has 4 aromatic carbocycles. The monoisotopic (exact) mass is 942 g/mol. The normalized spacial score (nSPS) is 19.2. The van der Waals surface area contributed by atoms with Gasteiger partial charge < -0.3 is 39.9 Å². The van der Waals surface area contributed by atoms with Crippen molar-refractivity contribution in [1.82, 2.24) is 40.4 Å². The van der Waals surface area contributed by atoms with Crippen molar-refractivity contribution >= 4 is 69.6 Å². The molecule has 6 aromatic rings. The fourth-order valence-corrected chi connectivity index (χ4v) is 11.9. The maximum absolute atomic E-state index is 13.8. The molecule has 4 N–H and O–H groups in total. The fourth-order valence-electron chi connectivity index (χ4n) is 9.58. The fraction of sp³-hybridized carbons (Fsp3) is 0.412. The van der Waals surface area contributed by atoms with Crippen LogP contribution in [0.2, 0.25) is 0 Å². The number of aromatic amines is 2. The van der Waals surface area contributed by atoms with Crippen LogP contribution in [0.1, 0.15) is 86.5 Å². The molecule has 2 aromatic heterocycles. The first-order chi connectivity index (χ1) is 32.3. The highest BCUT2D eigenvalue weighted by atomic mass is 32.2. The second-order valence-electron chi connectivity index (χ2n) is 18.6. The number of fused-ring (bicyclic) bond motifs is 2. The van der Waals surface area contributed by atoms with Crippen LogP contribution in [0.3, 0.4) is 0 Å². The van der Waals surface area contributed by atoms with Crippen LogP contribution in [-0.2, 0) is 38.3 Å². The third kappa shape index (κ3) is 9.34. The molecule has 12 rings (SSSR count). The average Bonchev–Trinajstić information content (AvgIpc) is 4.16. The molecule has 0 saturated carbocycles. The molecule has 4 heterocycles. The number of aryl methyl sites for hydroxylation is 2. The van der Waals surface area contributed by atoms with Crippen LogP contribution in [-0.4, -0.2) is 103 Å². The van der Waals surface area contributed by atoms with E-state index in [0.717, 1.165) is 64.1 Å². The van der Waals surface area contributed by atoms with Crippen LogP contribution >= 0.6 is 23.5 Å². The minimum absolute atomic E-state index is 0.120. The number of nitrogens with zero attached hydrogens (tertiary/aromatic N) is 4. The Morgan fingerprint density at radius 1 is 0.657 bits per heavy atom. The van der Waals surface area contributed by atoms with Gasteiger partial charge in [0.2, 0.25) is 11.8 Å². The van der Waals surface area contributed by atoms with Crippen molar-refractivity contribution in [2.24, 2.45) is 11.8 Å². The molecule has 2 saturated heterocycles. The quantitative estimate of drug-likeness (QED) is 0.104. The number of methoxy groups -OCH3 is 2. The first-order valence-electron chi connectivity index (χ1n) is 23.0. The molecule has 0 radical (unpaired) electrons. The number of carbonyl (C=O) groups is 4. The van der Waals surface area contributed by atoms with E-state index in [0.29, 0.717) is 23.3 Å². The zero-order valence-corrected chi connectivity index (χ0v) is 40.6. The lowest BCUT2D eigenvalue weighted by Crippen LogP contribution is -2.51. The van der Waals surface area contributed by atoms with Crippen LogP contribution in [0.4, 0.5) is 9.59 Å². The average molecular weight is 943 g/mol. The van der Waals surface area contributed by atoms with Crippen LogP contribution in [0.25, 0.3) is 44.3 Å². The number of imidazole rings is 2. The van der Waals surface area contributed by atoms with Gasteiger partial charge in [-0.05, 0) is 106 Å². The van der Waals surface area contributed by atoms with E-state index in [1.54, 1.807) is 23.5 Å². The Morgan fingerprint density at radius 3 is 1.67 bits per heavy atom. The molecule has 4 amide bonds. The third-order valence-electron chi connectivity index (χ3n) is 13.5. The van der Waals surface area contributed by atoms with Gasteiger partial charge in [-0.15, -0.1) is 23.5 Å². The highest BCUT2D eigenvalue weighted by molar-refractivity contribution is 7.99. The highest BCUT2D eigenvalue weighted by Gasteiger charge is 2.39. The van der Waals surface area contributed by atoms with E-state index in [1.165, 1.54) is 47.6 Å². The molecule has 67 heavy (non-hydrogen) atoms. The molecule has 4 aliphatic carbocycles. The van der Waals surface area contributed by atoms with Crippen molar-refractivity contribution in [3.8, 4) is 22.3 Å². The summed E-state index contributed by atoms with van der Waals surface area (Å²) in [5.41, 5.74) is 13.2. The minimum Gasteiger partial charge on any atom is -0.453 e. The van der Waals surface area contributed by atoms with Gasteiger partial charge in [-0.25, -0.2) is 19.6 Å². The summed E-state index contributed by atoms with van der Waals surface area (Å²) in [6, 6.07) is 24.8. The molecule has 0 spiro atoms. The van der Waals surface area contributed by atoms with Crippen LogP contribution < -0.4 is 10.6 Å². The predicted octanol–water partition coefficient (Wildman–Crippen LogP) is 9.13. The molecule has 5 atom stereocenters. The molecule has 6 aliphatic rings. The number of ether oxygens (including phenoxy) is 2. The second kappa shape index (κ2) is 19.3. The summed E-state index contributed by atoms with van der Waals surface area (Å²) in [4.78, 5) is 72.6. The van der Waals surface area contributed by atoms with Crippen molar-refractivity contribution < 1.29 is 28.7 Å². The van der Waals surface area contributed by atoms with E-state index < -0.39 is 24.3 Å². The number of amides is 4. The molecule has 350 valence electrons. The Balaban J connectivity index is 0.958. The van der Waals surface area contributed by atoms with Crippen LogP contribution in [0.5, 0.6) is 0 Å². The second-order valence-corrected chi connectivity index (χ2v) is 20.6. The first kappa shape index (κ1) is 46.1. The van der Waals surface area contributed by atoms with Gasteiger partial charge in [0.15, 0.2) is 0 Å². The van der Waals surface area contributed by atoms with Gasteiger partial charge >= 0.3 is 12.2 Å². The molecular weight excluding hydrogens is 885 g/mol. The van der Waals surface area contributed by atoms with E-state index in [-0.39, 0.29) is 41.7 Å². The molecule has 14 nitrogen and oxygen atoms in total. The highest BCUT2D eigenvalue weighted by Crippen LogP contribution is 2.39. The minimum atomic E-state index is -0.708. The van der Waals surface area contributed by atoms with E-state index in [2.05, 4.69) is 100 Å². The Labute approximate surface area is 399 Å². The van der Waals surface area contributed by atoms with Crippen molar-refractivity contribution in [2.75, 3.05) is 37.5 Å². The number of rotatable bonds is 10. The lowest BCUT2D eigenvalue weighted by Gasteiger charge is -2.29. The number of carbonyl (C=O) groups excluding carboxylic acids is 4. The largest absolute Gasteiger partial charge is 0.453 e. The number of aromatic nitrogens is 4. The number of benzene rings is 4. The topological polar surface area (TPSA) is 175 Å². The summed E-state index contributed by atoms with van der Waals surface area (Å²) in [6.07, 6.45) is 1.31. The Kier molecular flexibility index (Phi) is 13.3. The summed E-state index contributed by atoms with van der Waals surface area (Å²) in [5, 5.41) is 5.46. The number of alkyl carbamates (subject to hydrolysis) is 2. The van der Waals surface area contributed by atoms with E-state index >= 15 is 0 Å². The Hall–Kier alpha value is -6.00. The maximum atomic E-state index is 13.8. The number of nitrogens with one attached hydrogen (secondary N) is 4. The van der Waals surface area contributed by atoms with Gasteiger partial charge in [0, 0.05) is 11.5 Å². The summed E-state index contributed by atoms with van der Waals surface area (Å²) in [7, 11) is 2.60. The van der Waals surface area contributed by atoms with Crippen molar-refractivity contribution in [3.05, 3.63) is 107 Å². The number of thioether (sulfide) groups is 2. The summed E-state index contributed by atoms with van der Waals surface area (Å²) in [5.74, 6) is 3.59. The molecule has 2 fully saturated rings. The zero-order valence-electron chi connectivity index (χ0n) is 39.0. The number of H-pyrrole nitrogens is 2. The number of hydrogen-bond donors (Lipinski definition) is 4. The standard InChI is InChI=1S/C51H58N8O6S2/c1-27(2)44(56-50(62)64-6)48(60)58-25-66-23-42(58)46-52-38-16-14-34(21-40(38)54-46)36-19-30-8-10-31-12-13-32(29(5)18-33(36)11-9-30)20-37(31)35-15-17-39-41(22-35)55-47(53-39)43-24-67-26-59(43)49(61)45(28(3)4)57-51(63)65-7/h9,11-17,19-22,27-29,42-45H,8,10,18,23-26H2,1-7H3,(H,52,54)(H,53,55)(H,56,62)(H,57,63)/t29-,42+,43+,44+,45+/m1/s1. The molecule has 4 bridgehead atoms. The lowest BCUT2D eigenvalue weighted by atomic mass is 9.84. The van der Waals surface area contributed by atoms with Gasteiger partial charge in [-0.1, -0.05) is 83.1 Å². The summed E-state index contributed by atoms with van der Waals surface area (Å²) < 4.78 is 9.64. The van der Waals surface area contributed by atoms with Crippen molar-refractivity contribution in [3.63, 3.8) is 0 Å². The van der Waals surface area contributed by atoms with Crippen molar-refractivity contribution in [1.29, 1.82) is 0 Å². The number of hydrogen-bond acceptors (Lipinski definition) is 10. The van der Waals surface area contributed by atoms with Crippen LogP contribution in [0.15, 0.2) is 72.8 Å². The van der Waals surface area contributed by atoms with Gasteiger partial charge in [0.05, 0.1) is 60.1 Å². The van der Waals surface area contributed by atoms with Gasteiger partial charge in [-0.2, -0.15) is 0 Å². The predicted molar refractivity (Wildman–Crippen MR) is 265 cm³/mol. The van der Waals surface area contributed by atoms with Gasteiger partial charge in [-0.3, -0.25) is 9.59 Å². The maximum Gasteiger partial charge on any atom is 0.407 e. The van der Waals surface area contributed by atoms with E-state index in [4.69, 9.17) is 19.4 Å². The molecule has 16 heteroatoms. The Morgan fingerprint density at radius 2 is 1.16 bits per heavy atom. The van der Waals surface area contributed by atoms with E-state index in [1.807, 2.05) is 37.5 Å². The molecular formula is C51H58N8O6S2. The van der Waals surface area contributed by atoms with E-state index in [9.17, 15) is 19.2 Å². The van der Waals surface area contributed by atoms with Crippen LogP contribution in [0, 0.1) is 11.8 Å². The third-order valence-corrected chi connectivity index (χ3v) is 15.5. The molecule has 2 aliphatic heterocycles. The lowest BCUT2D eigenvalue weighted by molar-refractivity contribution is -0.135. The van der Waals surface area contributed by atoms with Gasteiger partial charge in [0.1, 0.15) is 23.7 Å². The van der Waals surface area contributed by atoms with Gasteiger partial charge in [0.25, 0.3) is 0 Å². The SMILES string of the molecule is COC(=O)N[C@H](C(=O)N1CSC[C@H]1c1nc2ccc(-c3cc4ccc3CCc3ccc(c(-c5ccc6nc([C@@H]7CSCN7C(=O)[C@@H](NC(=O)OC)C(C)C)[nH]c6c5)c3)C[C@H]4C)cc2[nH]1)C(C)C. The van der Waals surface area contributed by atoms with Crippen molar-refractivity contribution in [2.45, 2.75) is 84.0 Å². The first-order valence-corrected chi connectivity index (χ1v) is 25.3.